The predicted molar refractivity (Wildman–Crippen MR) is 67.3 cm³/mol. The van der Waals surface area contributed by atoms with Crippen LogP contribution in [0.15, 0.2) is 35.3 Å². The molecule has 0 amide bonds. The van der Waals surface area contributed by atoms with Crippen molar-refractivity contribution in [2.24, 2.45) is 10.9 Å². The van der Waals surface area contributed by atoms with E-state index in [0.29, 0.717) is 6.61 Å². The lowest BCUT2D eigenvalue weighted by Crippen LogP contribution is -2.35. The smallest absolute Gasteiger partial charge is 0.154 e. The van der Waals surface area contributed by atoms with Crippen molar-refractivity contribution < 1.29 is 9.53 Å². The minimum absolute atomic E-state index is 0.0183. The molecule has 0 spiro atoms. The highest BCUT2D eigenvalue weighted by molar-refractivity contribution is 6.01. The maximum atomic E-state index is 10.9. The van der Waals surface area contributed by atoms with Gasteiger partial charge in [0.2, 0.25) is 0 Å². The third kappa shape index (κ3) is 2.61. The van der Waals surface area contributed by atoms with Crippen LogP contribution in [-0.2, 0) is 9.53 Å². The van der Waals surface area contributed by atoms with Gasteiger partial charge < -0.3 is 9.53 Å². The predicted octanol–water partition coefficient (Wildman–Crippen LogP) is 2.42. The lowest BCUT2D eigenvalue weighted by atomic mass is 9.99. The number of hydrogen-bond acceptors (Lipinski definition) is 3. The van der Waals surface area contributed by atoms with E-state index < -0.39 is 6.10 Å². The van der Waals surface area contributed by atoms with Crippen LogP contribution in [0.1, 0.15) is 25.5 Å². The maximum absolute atomic E-state index is 10.9. The van der Waals surface area contributed by atoms with Gasteiger partial charge in [-0.3, -0.25) is 4.99 Å². The second kappa shape index (κ2) is 5.23. The number of ether oxygens (including phenoxy) is 1. The fraction of sp³-hybridized carbons (Fsp3) is 0.429. The Morgan fingerprint density at radius 2 is 2.06 bits per heavy atom. The summed E-state index contributed by atoms with van der Waals surface area (Å²) in [5.41, 5.74) is 1.98. The lowest BCUT2D eigenvalue weighted by molar-refractivity contribution is -0.115. The molecule has 0 fully saturated rings. The number of carbonyl (C=O) groups is 1. The third-order valence-electron chi connectivity index (χ3n) is 2.93. The molecule has 0 bridgehead atoms. The topological polar surface area (TPSA) is 38.7 Å². The number of benzene rings is 1. The number of aliphatic imine (C=N–C) groups is 1. The van der Waals surface area contributed by atoms with Crippen LogP contribution in [0.3, 0.4) is 0 Å². The molecule has 0 N–H and O–H groups in total. The molecule has 1 aliphatic heterocycles. The Balaban J connectivity index is 2.28. The first kappa shape index (κ1) is 12.0. The summed E-state index contributed by atoms with van der Waals surface area (Å²) in [4.78, 5) is 15.6. The van der Waals surface area contributed by atoms with Crippen molar-refractivity contribution in [3.05, 3.63) is 35.9 Å². The van der Waals surface area contributed by atoms with Crippen molar-refractivity contribution in [2.45, 2.75) is 26.0 Å². The average Bonchev–Trinajstić information content (AvgIpc) is 2.39. The average molecular weight is 231 g/mol. The van der Waals surface area contributed by atoms with Crippen LogP contribution in [0, 0.1) is 5.92 Å². The monoisotopic (exact) mass is 231 g/mol. The first-order valence-corrected chi connectivity index (χ1v) is 5.91. The van der Waals surface area contributed by atoms with E-state index in [0.717, 1.165) is 17.6 Å². The van der Waals surface area contributed by atoms with Crippen molar-refractivity contribution in [2.75, 3.05) is 6.61 Å². The van der Waals surface area contributed by atoms with Crippen LogP contribution in [0.2, 0.25) is 0 Å². The molecule has 1 aromatic carbocycles. The first-order chi connectivity index (χ1) is 8.22. The minimum Gasteiger partial charge on any atom is -0.362 e. The van der Waals surface area contributed by atoms with Gasteiger partial charge in [-0.2, -0.15) is 0 Å². The number of rotatable bonds is 3. The van der Waals surface area contributed by atoms with Crippen molar-refractivity contribution in [1.82, 2.24) is 0 Å². The van der Waals surface area contributed by atoms with Gasteiger partial charge in [0.25, 0.3) is 0 Å². The first-order valence-electron chi connectivity index (χ1n) is 5.91. The third-order valence-corrected chi connectivity index (χ3v) is 2.93. The van der Waals surface area contributed by atoms with Crippen molar-refractivity contribution >= 4 is 12.0 Å². The Morgan fingerprint density at radius 3 is 2.65 bits per heavy atom. The van der Waals surface area contributed by atoms with Crippen LogP contribution in [0.4, 0.5) is 0 Å². The van der Waals surface area contributed by atoms with Gasteiger partial charge in [-0.05, 0) is 11.5 Å². The van der Waals surface area contributed by atoms with Crippen molar-refractivity contribution in [3.63, 3.8) is 0 Å². The van der Waals surface area contributed by atoms with E-state index in [9.17, 15) is 4.79 Å². The van der Waals surface area contributed by atoms with Crippen molar-refractivity contribution in [3.8, 4) is 0 Å². The second-order valence-corrected chi connectivity index (χ2v) is 4.53. The molecule has 3 nitrogen and oxygen atoms in total. The summed E-state index contributed by atoms with van der Waals surface area (Å²) in [6.07, 6.45) is 0.370. The Kier molecular flexibility index (Phi) is 3.69. The molecule has 1 aliphatic rings. The molecule has 0 saturated heterocycles. The summed E-state index contributed by atoms with van der Waals surface area (Å²) < 4.78 is 5.57. The van der Waals surface area contributed by atoms with E-state index in [2.05, 4.69) is 4.99 Å². The van der Waals surface area contributed by atoms with E-state index in [1.807, 2.05) is 44.2 Å². The fourth-order valence-electron chi connectivity index (χ4n) is 2.00. The quantitative estimate of drug-likeness (QED) is 0.749. The lowest BCUT2D eigenvalue weighted by Gasteiger charge is -2.27. The molecule has 2 atom stereocenters. The summed E-state index contributed by atoms with van der Waals surface area (Å²) in [5.74, 6) is 0.233. The number of carbonyl (C=O) groups excluding carboxylic acids is 1. The van der Waals surface area contributed by atoms with Gasteiger partial charge in [-0.15, -0.1) is 0 Å². The van der Waals surface area contributed by atoms with Crippen LogP contribution in [-0.4, -0.2) is 24.7 Å². The molecular weight excluding hydrogens is 214 g/mol. The van der Waals surface area contributed by atoms with Gasteiger partial charge in [-0.25, -0.2) is 0 Å². The van der Waals surface area contributed by atoms with E-state index >= 15 is 0 Å². The summed E-state index contributed by atoms with van der Waals surface area (Å²) in [6, 6.07) is 10.1. The Bertz CT molecular complexity index is 411. The molecular formula is C14H17NO2. The number of hydrogen-bond donors (Lipinski definition) is 0. The second-order valence-electron chi connectivity index (χ2n) is 4.53. The summed E-state index contributed by atoms with van der Waals surface area (Å²) in [7, 11) is 0. The Morgan fingerprint density at radius 1 is 1.35 bits per heavy atom. The zero-order valence-electron chi connectivity index (χ0n) is 10.2. The van der Waals surface area contributed by atoms with E-state index in [1.165, 1.54) is 0 Å². The molecule has 2 unspecified atom stereocenters. The molecule has 0 saturated carbocycles. The van der Waals surface area contributed by atoms with Gasteiger partial charge in [0.15, 0.2) is 12.4 Å². The fourth-order valence-corrected chi connectivity index (χ4v) is 2.00. The van der Waals surface area contributed by atoms with Crippen LogP contribution < -0.4 is 0 Å². The minimum atomic E-state index is -0.463. The van der Waals surface area contributed by atoms with Gasteiger partial charge in [0, 0.05) is 0 Å². The van der Waals surface area contributed by atoms with Gasteiger partial charge in [0.05, 0.1) is 18.4 Å². The van der Waals surface area contributed by atoms with Gasteiger partial charge >= 0.3 is 0 Å². The summed E-state index contributed by atoms with van der Waals surface area (Å²) in [5, 5.41) is 0. The highest BCUT2D eigenvalue weighted by atomic mass is 16.5. The van der Waals surface area contributed by atoms with E-state index in [1.54, 1.807) is 0 Å². The molecule has 17 heavy (non-hydrogen) atoms. The highest BCUT2D eigenvalue weighted by Gasteiger charge is 2.27. The number of aldehydes is 1. The summed E-state index contributed by atoms with van der Waals surface area (Å²) >= 11 is 0. The van der Waals surface area contributed by atoms with Crippen molar-refractivity contribution in [1.29, 1.82) is 0 Å². The zero-order chi connectivity index (χ0) is 12.3. The summed E-state index contributed by atoms with van der Waals surface area (Å²) in [6.45, 7) is 4.54. The van der Waals surface area contributed by atoms with Crippen LogP contribution in [0.25, 0.3) is 0 Å². The molecule has 3 heteroatoms. The van der Waals surface area contributed by atoms with Gasteiger partial charge in [-0.1, -0.05) is 44.2 Å². The van der Waals surface area contributed by atoms with E-state index in [-0.39, 0.29) is 12.0 Å². The SMILES string of the molecule is CC(C)C1=NC(c2ccccc2)COC1C=O. The Labute approximate surface area is 102 Å². The van der Waals surface area contributed by atoms with E-state index in [4.69, 9.17) is 4.74 Å². The molecule has 2 rings (SSSR count). The highest BCUT2D eigenvalue weighted by Crippen LogP contribution is 2.24. The zero-order valence-corrected chi connectivity index (χ0v) is 10.2. The molecule has 0 aliphatic carbocycles. The van der Waals surface area contributed by atoms with Crippen LogP contribution in [0.5, 0.6) is 0 Å². The largest absolute Gasteiger partial charge is 0.362 e. The molecule has 0 radical (unpaired) electrons. The number of nitrogens with zero attached hydrogens (tertiary/aromatic N) is 1. The maximum Gasteiger partial charge on any atom is 0.154 e. The molecule has 0 aromatic heterocycles. The molecule has 1 aromatic rings. The Hall–Kier alpha value is -1.48. The molecule has 1 heterocycles. The normalized spacial score (nSPS) is 24.5. The van der Waals surface area contributed by atoms with Gasteiger partial charge in [0.1, 0.15) is 0 Å². The van der Waals surface area contributed by atoms with Crippen LogP contribution >= 0.6 is 0 Å². The standard InChI is InChI=1S/C14H17NO2/c1-10(2)14-13(8-16)17-9-12(15-14)11-6-4-3-5-7-11/h3-8,10,12-13H,9H2,1-2H3. The molecule has 90 valence electrons.